The summed E-state index contributed by atoms with van der Waals surface area (Å²) in [7, 11) is -1.06. The lowest BCUT2D eigenvalue weighted by Gasteiger charge is -2.15. The Morgan fingerprint density at radius 3 is 2.79 bits per heavy atom. The molecule has 0 bridgehead atoms. The van der Waals surface area contributed by atoms with Crippen molar-refractivity contribution in [3.8, 4) is 0 Å². The molecule has 19 heavy (non-hydrogen) atoms. The zero-order valence-corrected chi connectivity index (χ0v) is 14.5. The maximum absolute atomic E-state index is 6.03. The van der Waals surface area contributed by atoms with Crippen LogP contribution in [0.25, 0.3) is 11.0 Å². The standard InChI is InChI=1S/C11H16BrClN4OSi/c1-19(2,3)5-4-18-7-17-11-8(9(12)16-17)10(13)14-6-15-11/h6H,4-5,7H2,1-3H3. The lowest BCUT2D eigenvalue weighted by atomic mass is 10.4. The molecule has 0 N–H and O–H groups in total. The van der Waals surface area contributed by atoms with Crippen molar-refractivity contribution >= 4 is 46.6 Å². The SMILES string of the molecule is C[Si](C)(C)CCOCn1nc(Br)c2c(Cl)ncnc21. The van der Waals surface area contributed by atoms with Crippen molar-refractivity contribution in [3.63, 3.8) is 0 Å². The van der Waals surface area contributed by atoms with E-state index in [1.807, 2.05) is 0 Å². The average Bonchev–Trinajstić information content (AvgIpc) is 2.62. The first-order valence-corrected chi connectivity index (χ1v) is 10.9. The topological polar surface area (TPSA) is 52.8 Å². The zero-order chi connectivity index (χ0) is 14.0. The van der Waals surface area contributed by atoms with Gasteiger partial charge < -0.3 is 4.74 Å². The second-order valence-electron chi connectivity index (χ2n) is 5.50. The van der Waals surface area contributed by atoms with Crippen molar-refractivity contribution in [2.24, 2.45) is 0 Å². The van der Waals surface area contributed by atoms with Crippen LogP contribution in [0.5, 0.6) is 0 Å². The van der Waals surface area contributed by atoms with Gasteiger partial charge in [0.1, 0.15) is 22.8 Å². The number of hydrogen-bond acceptors (Lipinski definition) is 4. The predicted octanol–water partition coefficient (Wildman–Crippen LogP) is 3.55. The van der Waals surface area contributed by atoms with E-state index in [4.69, 9.17) is 16.3 Å². The van der Waals surface area contributed by atoms with Gasteiger partial charge in [-0.05, 0) is 22.0 Å². The van der Waals surface area contributed by atoms with Gasteiger partial charge in [-0.2, -0.15) is 5.10 Å². The molecule has 0 atom stereocenters. The summed E-state index contributed by atoms with van der Waals surface area (Å²) in [6.07, 6.45) is 1.43. The van der Waals surface area contributed by atoms with Crippen LogP contribution >= 0.6 is 27.5 Å². The van der Waals surface area contributed by atoms with Gasteiger partial charge in [0.15, 0.2) is 5.65 Å². The quantitative estimate of drug-likeness (QED) is 0.463. The first-order valence-electron chi connectivity index (χ1n) is 5.99. The first kappa shape index (κ1) is 14.9. The molecule has 8 heteroatoms. The molecule has 0 aliphatic rings. The fourth-order valence-corrected chi connectivity index (χ4v) is 3.20. The van der Waals surface area contributed by atoms with Crippen molar-refractivity contribution in [3.05, 3.63) is 16.1 Å². The van der Waals surface area contributed by atoms with E-state index >= 15 is 0 Å². The first-order chi connectivity index (χ1) is 8.88. The highest BCUT2D eigenvalue weighted by Gasteiger charge is 2.15. The van der Waals surface area contributed by atoms with Crippen LogP contribution in [-0.2, 0) is 11.5 Å². The highest BCUT2D eigenvalue weighted by molar-refractivity contribution is 9.10. The lowest BCUT2D eigenvalue weighted by molar-refractivity contribution is 0.0810. The normalized spacial score (nSPS) is 12.3. The minimum Gasteiger partial charge on any atom is -0.359 e. The monoisotopic (exact) mass is 362 g/mol. The van der Waals surface area contributed by atoms with Crippen LogP contribution < -0.4 is 0 Å². The molecule has 2 aromatic rings. The molecule has 0 aliphatic carbocycles. The maximum Gasteiger partial charge on any atom is 0.166 e. The van der Waals surface area contributed by atoms with E-state index in [0.29, 0.717) is 22.1 Å². The fourth-order valence-electron chi connectivity index (χ4n) is 1.55. The molecule has 0 saturated carbocycles. The number of hydrogen-bond donors (Lipinski definition) is 0. The summed E-state index contributed by atoms with van der Waals surface area (Å²) in [5.74, 6) is 0. The summed E-state index contributed by atoms with van der Waals surface area (Å²) in [5, 5.41) is 5.43. The fraction of sp³-hybridized carbons (Fsp3) is 0.545. The van der Waals surface area contributed by atoms with Crippen LogP contribution in [0, 0.1) is 0 Å². The Kier molecular flexibility index (Phi) is 4.60. The van der Waals surface area contributed by atoms with Gasteiger partial charge >= 0.3 is 0 Å². The molecule has 0 unspecified atom stereocenters. The Labute approximate surface area is 126 Å². The lowest BCUT2D eigenvalue weighted by Crippen LogP contribution is -2.22. The zero-order valence-electron chi connectivity index (χ0n) is 11.2. The van der Waals surface area contributed by atoms with E-state index in [2.05, 4.69) is 50.6 Å². The third kappa shape index (κ3) is 3.74. The molecule has 5 nitrogen and oxygen atoms in total. The van der Waals surface area contributed by atoms with Gasteiger partial charge in [0.05, 0.1) is 5.39 Å². The van der Waals surface area contributed by atoms with Gasteiger partial charge in [0, 0.05) is 14.7 Å². The van der Waals surface area contributed by atoms with E-state index in [1.54, 1.807) is 4.68 Å². The largest absolute Gasteiger partial charge is 0.359 e. The Morgan fingerprint density at radius 2 is 2.11 bits per heavy atom. The molecule has 2 heterocycles. The minimum absolute atomic E-state index is 0.375. The van der Waals surface area contributed by atoms with Crippen LogP contribution in [0.1, 0.15) is 0 Å². The van der Waals surface area contributed by atoms with Crippen LogP contribution in [-0.4, -0.2) is 34.4 Å². The Bertz CT molecular complexity index is 584. The Balaban J connectivity index is 2.08. The number of rotatable bonds is 5. The van der Waals surface area contributed by atoms with Crippen molar-refractivity contribution in [2.75, 3.05) is 6.61 Å². The van der Waals surface area contributed by atoms with Gasteiger partial charge in [-0.1, -0.05) is 31.2 Å². The van der Waals surface area contributed by atoms with Crippen LogP contribution in [0.4, 0.5) is 0 Å². The van der Waals surface area contributed by atoms with Crippen LogP contribution in [0.15, 0.2) is 10.9 Å². The molecule has 0 aliphatic heterocycles. The summed E-state index contributed by atoms with van der Waals surface area (Å²) in [6, 6.07) is 1.13. The van der Waals surface area contributed by atoms with E-state index in [9.17, 15) is 0 Å². The second-order valence-corrected chi connectivity index (χ2v) is 12.2. The molecular weight excluding hydrogens is 348 g/mol. The number of aromatic nitrogens is 4. The molecule has 0 spiro atoms. The highest BCUT2D eigenvalue weighted by atomic mass is 79.9. The summed E-state index contributed by atoms with van der Waals surface area (Å²) in [5.41, 5.74) is 0.680. The summed E-state index contributed by atoms with van der Waals surface area (Å²) < 4.78 is 8.00. The minimum atomic E-state index is -1.06. The molecule has 0 aromatic carbocycles. The molecule has 0 saturated heterocycles. The number of ether oxygens (including phenoxy) is 1. The van der Waals surface area contributed by atoms with E-state index in [1.165, 1.54) is 6.33 Å². The van der Waals surface area contributed by atoms with Gasteiger partial charge in [0.2, 0.25) is 0 Å². The molecule has 0 fully saturated rings. The Morgan fingerprint density at radius 1 is 1.37 bits per heavy atom. The smallest absolute Gasteiger partial charge is 0.166 e. The summed E-state index contributed by atoms with van der Waals surface area (Å²) in [4.78, 5) is 8.14. The predicted molar refractivity (Wildman–Crippen MR) is 82.1 cm³/mol. The summed E-state index contributed by atoms with van der Waals surface area (Å²) in [6.45, 7) is 8.09. The molecule has 0 radical (unpaired) electrons. The number of fused-ring (bicyclic) bond motifs is 1. The van der Waals surface area contributed by atoms with E-state index in [0.717, 1.165) is 18.0 Å². The van der Waals surface area contributed by atoms with Crippen molar-refractivity contribution in [1.82, 2.24) is 19.7 Å². The van der Waals surface area contributed by atoms with Crippen molar-refractivity contribution in [1.29, 1.82) is 0 Å². The van der Waals surface area contributed by atoms with E-state index < -0.39 is 8.07 Å². The van der Waals surface area contributed by atoms with Gasteiger partial charge in [-0.15, -0.1) is 0 Å². The van der Waals surface area contributed by atoms with Crippen molar-refractivity contribution in [2.45, 2.75) is 32.4 Å². The number of halogens is 2. The van der Waals surface area contributed by atoms with Gasteiger partial charge in [-0.3, -0.25) is 0 Å². The third-order valence-electron chi connectivity index (χ3n) is 2.65. The average molecular weight is 364 g/mol. The molecule has 2 aromatic heterocycles. The van der Waals surface area contributed by atoms with E-state index in [-0.39, 0.29) is 0 Å². The maximum atomic E-state index is 6.03. The van der Waals surface area contributed by atoms with Crippen LogP contribution in [0.3, 0.4) is 0 Å². The second kappa shape index (κ2) is 5.86. The van der Waals surface area contributed by atoms with Crippen LogP contribution in [0.2, 0.25) is 30.8 Å². The third-order valence-corrected chi connectivity index (χ3v) is 5.20. The summed E-state index contributed by atoms with van der Waals surface area (Å²) >= 11 is 9.39. The number of nitrogens with zero attached hydrogens (tertiary/aromatic N) is 4. The Hall–Kier alpha value is -0.503. The molecular formula is C11H16BrClN4OSi. The molecule has 104 valence electrons. The molecule has 2 rings (SSSR count). The molecule has 0 amide bonds. The van der Waals surface area contributed by atoms with Gasteiger partial charge in [-0.25, -0.2) is 14.6 Å². The van der Waals surface area contributed by atoms with Gasteiger partial charge in [0.25, 0.3) is 0 Å². The highest BCUT2D eigenvalue weighted by Crippen LogP contribution is 2.26. The van der Waals surface area contributed by atoms with Crippen molar-refractivity contribution < 1.29 is 4.74 Å².